The van der Waals surface area contributed by atoms with Crippen molar-refractivity contribution in [2.75, 3.05) is 6.61 Å². The molecular formula is C17H18N2O4. The molecule has 0 unspecified atom stereocenters. The molecule has 1 aromatic carbocycles. The van der Waals surface area contributed by atoms with Crippen molar-refractivity contribution < 1.29 is 19.4 Å². The quantitative estimate of drug-likeness (QED) is 0.619. The van der Waals surface area contributed by atoms with Crippen molar-refractivity contribution in [3.05, 3.63) is 35.4 Å². The van der Waals surface area contributed by atoms with E-state index >= 15 is 0 Å². The Labute approximate surface area is 134 Å². The Hall–Kier alpha value is -2.81. The van der Waals surface area contributed by atoms with Crippen molar-refractivity contribution >= 4 is 18.0 Å². The molecule has 1 aliphatic carbocycles. The first-order valence-corrected chi connectivity index (χ1v) is 7.46. The molecule has 0 spiro atoms. The zero-order chi connectivity index (χ0) is 16.7. The van der Waals surface area contributed by atoms with E-state index in [1.54, 1.807) is 24.3 Å². The van der Waals surface area contributed by atoms with E-state index < -0.39 is 12.6 Å². The van der Waals surface area contributed by atoms with Gasteiger partial charge in [0.05, 0.1) is 0 Å². The molecule has 1 saturated carbocycles. The summed E-state index contributed by atoms with van der Waals surface area (Å²) in [6, 6.07) is 8.60. The number of amides is 1. The predicted octanol–water partition coefficient (Wildman–Crippen LogP) is 2.12. The third-order valence-corrected chi connectivity index (χ3v) is 3.61. The van der Waals surface area contributed by atoms with E-state index in [4.69, 9.17) is 15.1 Å². The van der Waals surface area contributed by atoms with Crippen molar-refractivity contribution in [1.29, 1.82) is 5.26 Å². The van der Waals surface area contributed by atoms with Crippen LogP contribution in [0.25, 0.3) is 6.08 Å². The van der Waals surface area contributed by atoms with Crippen LogP contribution in [0.15, 0.2) is 29.8 Å². The minimum absolute atomic E-state index is 0.0519. The van der Waals surface area contributed by atoms with E-state index in [0.717, 1.165) is 25.7 Å². The van der Waals surface area contributed by atoms with Crippen LogP contribution in [0.1, 0.15) is 31.2 Å². The Morgan fingerprint density at radius 3 is 2.52 bits per heavy atom. The number of carboxylic acids is 1. The molecule has 0 atom stereocenters. The molecular weight excluding hydrogens is 296 g/mol. The number of nitriles is 1. The van der Waals surface area contributed by atoms with Gasteiger partial charge in [-0.3, -0.25) is 4.79 Å². The second kappa shape index (κ2) is 7.99. The minimum Gasteiger partial charge on any atom is -0.482 e. The predicted molar refractivity (Wildman–Crippen MR) is 83.6 cm³/mol. The highest BCUT2D eigenvalue weighted by molar-refractivity contribution is 6.01. The highest BCUT2D eigenvalue weighted by Crippen LogP contribution is 2.19. The van der Waals surface area contributed by atoms with Crippen LogP contribution in [-0.2, 0) is 9.59 Å². The molecule has 1 aliphatic rings. The van der Waals surface area contributed by atoms with E-state index in [2.05, 4.69) is 5.32 Å². The summed E-state index contributed by atoms with van der Waals surface area (Å²) < 4.78 is 5.03. The monoisotopic (exact) mass is 314 g/mol. The van der Waals surface area contributed by atoms with Gasteiger partial charge in [-0.1, -0.05) is 25.0 Å². The van der Waals surface area contributed by atoms with Gasteiger partial charge in [-0.05, 0) is 36.6 Å². The SMILES string of the molecule is N#C/C(=C/c1ccc(OCC(=O)O)cc1)C(=O)NC1CCCC1. The van der Waals surface area contributed by atoms with Crippen LogP contribution < -0.4 is 10.1 Å². The van der Waals surface area contributed by atoms with Gasteiger partial charge in [-0.2, -0.15) is 5.26 Å². The molecule has 120 valence electrons. The lowest BCUT2D eigenvalue weighted by atomic mass is 10.1. The van der Waals surface area contributed by atoms with E-state index in [0.29, 0.717) is 11.3 Å². The third kappa shape index (κ3) is 5.15. The van der Waals surface area contributed by atoms with Crippen LogP contribution in [0.5, 0.6) is 5.75 Å². The molecule has 23 heavy (non-hydrogen) atoms. The van der Waals surface area contributed by atoms with E-state index in [1.165, 1.54) is 6.08 Å². The molecule has 2 N–H and O–H groups in total. The average molecular weight is 314 g/mol. The fraction of sp³-hybridized carbons (Fsp3) is 0.353. The maximum absolute atomic E-state index is 12.1. The van der Waals surface area contributed by atoms with Crippen LogP contribution >= 0.6 is 0 Å². The Kier molecular flexibility index (Phi) is 5.75. The zero-order valence-corrected chi connectivity index (χ0v) is 12.6. The highest BCUT2D eigenvalue weighted by Gasteiger charge is 2.19. The van der Waals surface area contributed by atoms with Crippen molar-refractivity contribution in [3.8, 4) is 11.8 Å². The Bertz CT molecular complexity index is 638. The molecule has 1 aromatic rings. The third-order valence-electron chi connectivity index (χ3n) is 3.61. The lowest BCUT2D eigenvalue weighted by Gasteiger charge is -2.11. The molecule has 0 saturated heterocycles. The molecule has 0 aliphatic heterocycles. The van der Waals surface area contributed by atoms with Gasteiger partial charge >= 0.3 is 5.97 Å². The van der Waals surface area contributed by atoms with Gasteiger partial charge in [-0.15, -0.1) is 0 Å². The molecule has 0 heterocycles. The van der Waals surface area contributed by atoms with Gasteiger partial charge in [0.2, 0.25) is 0 Å². The number of carbonyl (C=O) groups is 2. The van der Waals surface area contributed by atoms with Crippen LogP contribution in [0, 0.1) is 11.3 Å². The number of ether oxygens (including phenoxy) is 1. The summed E-state index contributed by atoms with van der Waals surface area (Å²) in [5.41, 5.74) is 0.724. The number of benzene rings is 1. The van der Waals surface area contributed by atoms with Crippen LogP contribution in [0.2, 0.25) is 0 Å². The number of rotatable bonds is 6. The molecule has 1 fully saturated rings. The highest BCUT2D eigenvalue weighted by atomic mass is 16.5. The van der Waals surface area contributed by atoms with Crippen LogP contribution in [0.4, 0.5) is 0 Å². The first-order chi connectivity index (χ1) is 11.1. The smallest absolute Gasteiger partial charge is 0.341 e. The maximum atomic E-state index is 12.1. The van der Waals surface area contributed by atoms with Crippen molar-refractivity contribution in [2.45, 2.75) is 31.7 Å². The van der Waals surface area contributed by atoms with E-state index in [1.807, 2.05) is 6.07 Å². The van der Waals surface area contributed by atoms with Gasteiger partial charge in [-0.25, -0.2) is 4.79 Å². The summed E-state index contributed by atoms with van der Waals surface area (Å²) in [4.78, 5) is 22.5. The Morgan fingerprint density at radius 1 is 1.30 bits per heavy atom. The summed E-state index contributed by atoms with van der Waals surface area (Å²) in [6.45, 7) is -0.414. The summed E-state index contributed by atoms with van der Waals surface area (Å²) in [5.74, 6) is -0.992. The second-order valence-corrected chi connectivity index (χ2v) is 5.38. The summed E-state index contributed by atoms with van der Waals surface area (Å²) >= 11 is 0. The zero-order valence-electron chi connectivity index (χ0n) is 12.6. The van der Waals surface area contributed by atoms with Gasteiger partial charge in [0.15, 0.2) is 6.61 Å². The maximum Gasteiger partial charge on any atom is 0.341 e. The topological polar surface area (TPSA) is 99.4 Å². The number of hydrogen-bond acceptors (Lipinski definition) is 4. The van der Waals surface area contributed by atoms with Crippen LogP contribution in [-0.4, -0.2) is 29.6 Å². The number of hydrogen-bond donors (Lipinski definition) is 2. The summed E-state index contributed by atoms with van der Waals surface area (Å²) in [5, 5.41) is 20.6. The normalized spacial score (nSPS) is 15.0. The van der Waals surface area contributed by atoms with Crippen molar-refractivity contribution in [2.24, 2.45) is 0 Å². The van der Waals surface area contributed by atoms with Crippen molar-refractivity contribution in [1.82, 2.24) is 5.32 Å². The molecule has 6 nitrogen and oxygen atoms in total. The Morgan fingerprint density at radius 2 is 1.96 bits per heavy atom. The molecule has 2 rings (SSSR count). The molecule has 0 aromatic heterocycles. The van der Waals surface area contributed by atoms with Gasteiger partial charge in [0.25, 0.3) is 5.91 Å². The fourth-order valence-corrected chi connectivity index (χ4v) is 2.45. The average Bonchev–Trinajstić information content (AvgIpc) is 3.04. The van der Waals surface area contributed by atoms with E-state index in [-0.39, 0.29) is 17.5 Å². The number of carbonyl (C=O) groups excluding carboxylic acids is 1. The van der Waals surface area contributed by atoms with E-state index in [9.17, 15) is 9.59 Å². The minimum atomic E-state index is -1.05. The van der Waals surface area contributed by atoms with Crippen LogP contribution in [0.3, 0.4) is 0 Å². The lowest BCUT2D eigenvalue weighted by molar-refractivity contribution is -0.139. The standard InChI is InChI=1S/C17H18N2O4/c18-10-13(17(22)19-14-3-1-2-4-14)9-12-5-7-15(8-6-12)23-11-16(20)21/h5-9,14H,1-4,11H2,(H,19,22)(H,20,21)/b13-9-. The van der Waals surface area contributed by atoms with Crippen molar-refractivity contribution in [3.63, 3.8) is 0 Å². The summed E-state index contributed by atoms with van der Waals surface area (Å²) in [7, 11) is 0. The van der Waals surface area contributed by atoms with Gasteiger partial charge < -0.3 is 15.2 Å². The first kappa shape index (κ1) is 16.6. The fourth-order valence-electron chi connectivity index (χ4n) is 2.45. The number of nitrogens with zero attached hydrogens (tertiary/aromatic N) is 1. The second-order valence-electron chi connectivity index (χ2n) is 5.38. The Balaban J connectivity index is 2.00. The molecule has 6 heteroatoms. The first-order valence-electron chi connectivity index (χ1n) is 7.46. The number of aliphatic carboxylic acids is 1. The van der Waals surface area contributed by atoms with Gasteiger partial charge in [0.1, 0.15) is 17.4 Å². The molecule has 1 amide bonds. The molecule has 0 radical (unpaired) electrons. The number of carboxylic acid groups (broad SMARTS) is 1. The lowest BCUT2D eigenvalue weighted by Crippen LogP contribution is -2.33. The van der Waals surface area contributed by atoms with Gasteiger partial charge in [0, 0.05) is 6.04 Å². The molecule has 0 bridgehead atoms. The largest absolute Gasteiger partial charge is 0.482 e. The summed E-state index contributed by atoms with van der Waals surface area (Å²) in [6.07, 6.45) is 5.63. The number of nitrogens with one attached hydrogen (secondary N) is 1.